The average molecular weight is 185 g/mol. The third kappa shape index (κ3) is 5.27. The molecule has 1 aliphatic rings. The van der Waals surface area contributed by atoms with Crippen LogP contribution in [-0.4, -0.2) is 26.3 Å². The molecule has 1 heterocycles. The SMILES string of the molecule is CC(C)(C)COC[C@@H]1CCCNC1. The molecule has 0 spiro atoms. The van der Waals surface area contributed by atoms with Gasteiger partial charge in [-0.2, -0.15) is 0 Å². The molecule has 1 saturated heterocycles. The van der Waals surface area contributed by atoms with Crippen molar-refractivity contribution in [3.05, 3.63) is 0 Å². The molecule has 0 saturated carbocycles. The molecule has 78 valence electrons. The van der Waals surface area contributed by atoms with E-state index in [-0.39, 0.29) is 0 Å². The van der Waals surface area contributed by atoms with Crippen molar-refractivity contribution in [2.75, 3.05) is 26.3 Å². The van der Waals surface area contributed by atoms with Crippen LogP contribution < -0.4 is 5.32 Å². The maximum absolute atomic E-state index is 5.70. The van der Waals surface area contributed by atoms with Crippen molar-refractivity contribution in [2.45, 2.75) is 33.6 Å². The molecule has 1 fully saturated rings. The number of hydrogen-bond acceptors (Lipinski definition) is 2. The van der Waals surface area contributed by atoms with Gasteiger partial charge in [0.15, 0.2) is 0 Å². The summed E-state index contributed by atoms with van der Waals surface area (Å²) in [6.07, 6.45) is 2.64. The maximum atomic E-state index is 5.70. The zero-order chi connectivity index (χ0) is 9.73. The Hall–Kier alpha value is -0.0800. The predicted octanol–water partition coefficient (Wildman–Crippen LogP) is 2.05. The van der Waals surface area contributed by atoms with E-state index >= 15 is 0 Å². The Morgan fingerprint density at radius 3 is 2.69 bits per heavy atom. The summed E-state index contributed by atoms with van der Waals surface area (Å²) in [5, 5.41) is 3.40. The van der Waals surface area contributed by atoms with Crippen LogP contribution in [0.25, 0.3) is 0 Å². The average Bonchev–Trinajstić information content (AvgIpc) is 2.04. The first kappa shape index (κ1) is 11.0. The molecule has 0 amide bonds. The summed E-state index contributed by atoms with van der Waals surface area (Å²) >= 11 is 0. The minimum Gasteiger partial charge on any atom is -0.381 e. The molecule has 0 bridgehead atoms. The van der Waals surface area contributed by atoms with E-state index in [0.717, 1.165) is 25.7 Å². The van der Waals surface area contributed by atoms with Crippen LogP contribution in [0.3, 0.4) is 0 Å². The molecule has 1 aliphatic heterocycles. The molecule has 0 radical (unpaired) electrons. The zero-order valence-electron chi connectivity index (χ0n) is 9.23. The standard InChI is InChI=1S/C11H23NO/c1-11(2,3)9-13-8-10-5-4-6-12-7-10/h10,12H,4-9H2,1-3H3/t10-/m1/s1. The number of ether oxygens (including phenoxy) is 1. The van der Waals surface area contributed by atoms with E-state index in [0.29, 0.717) is 5.41 Å². The van der Waals surface area contributed by atoms with Crippen molar-refractivity contribution in [1.82, 2.24) is 5.32 Å². The monoisotopic (exact) mass is 185 g/mol. The van der Waals surface area contributed by atoms with Crippen LogP contribution in [0.5, 0.6) is 0 Å². The normalized spacial score (nSPS) is 24.7. The molecule has 13 heavy (non-hydrogen) atoms. The summed E-state index contributed by atoms with van der Waals surface area (Å²) in [5.74, 6) is 0.746. The lowest BCUT2D eigenvalue weighted by Crippen LogP contribution is -2.33. The smallest absolute Gasteiger partial charge is 0.0514 e. The summed E-state index contributed by atoms with van der Waals surface area (Å²) in [6, 6.07) is 0. The van der Waals surface area contributed by atoms with Crippen LogP contribution in [-0.2, 0) is 4.74 Å². The highest BCUT2D eigenvalue weighted by molar-refractivity contribution is 4.69. The lowest BCUT2D eigenvalue weighted by atomic mass is 9.98. The van der Waals surface area contributed by atoms with Gasteiger partial charge in [0.2, 0.25) is 0 Å². The van der Waals surface area contributed by atoms with Gasteiger partial charge in [-0.15, -0.1) is 0 Å². The number of hydrogen-bond donors (Lipinski definition) is 1. The van der Waals surface area contributed by atoms with Crippen molar-refractivity contribution in [2.24, 2.45) is 11.3 Å². The summed E-state index contributed by atoms with van der Waals surface area (Å²) in [4.78, 5) is 0. The Balaban J connectivity index is 2.04. The topological polar surface area (TPSA) is 21.3 Å². The molecule has 0 aromatic carbocycles. The zero-order valence-corrected chi connectivity index (χ0v) is 9.23. The molecule has 0 aromatic rings. The van der Waals surface area contributed by atoms with Gasteiger partial charge in [-0.05, 0) is 30.7 Å². The van der Waals surface area contributed by atoms with E-state index in [1.165, 1.54) is 19.4 Å². The van der Waals surface area contributed by atoms with Crippen LogP contribution in [0.4, 0.5) is 0 Å². The number of rotatable bonds is 3. The maximum Gasteiger partial charge on any atom is 0.0514 e. The predicted molar refractivity (Wildman–Crippen MR) is 55.9 cm³/mol. The first-order valence-electron chi connectivity index (χ1n) is 5.36. The Bertz CT molecular complexity index is 134. The molecular formula is C11H23NO. The Morgan fingerprint density at radius 2 is 2.15 bits per heavy atom. The van der Waals surface area contributed by atoms with Crippen molar-refractivity contribution in [3.8, 4) is 0 Å². The van der Waals surface area contributed by atoms with E-state index in [1.54, 1.807) is 0 Å². The fraction of sp³-hybridized carbons (Fsp3) is 1.00. The first-order chi connectivity index (χ1) is 6.08. The molecule has 1 N–H and O–H groups in total. The highest BCUT2D eigenvalue weighted by Gasteiger charge is 2.15. The summed E-state index contributed by atoms with van der Waals surface area (Å²) < 4.78 is 5.70. The highest BCUT2D eigenvalue weighted by Crippen LogP contribution is 2.15. The molecule has 0 aromatic heterocycles. The van der Waals surface area contributed by atoms with Crippen LogP contribution in [0.2, 0.25) is 0 Å². The van der Waals surface area contributed by atoms with E-state index in [9.17, 15) is 0 Å². The van der Waals surface area contributed by atoms with E-state index in [4.69, 9.17) is 4.74 Å². The van der Waals surface area contributed by atoms with Gasteiger partial charge in [0.1, 0.15) is 0 Å². The van der Waals surface area contributed by atoms with Crippen LogP contribution >= 0.6 is 0 Å². The van der Waals surface area contributed by atoms with Gasteiger partial charge in [-0.25, -0.2) is 0 Å². The van der Waals surface area contributed by atoms with Gasteiger partial charge in [0.05, 0.1) is 13.2 Å². The van der Waals surface area contributed by atoms with Crippen LogP contribution in [0.15, 0.2) is 0 Å². The lowest BCUT2D eigenvalue weighted by molar-refractivity contribution is 0.0420. The van der Waals surface area contributed by atoms with Crippen molar-refractivity contribution < 1.29 is 4.74 Å². The fourth-order valence-corrected chi connectivity index (χ4v) is 1.60. The van der Waals surface area contributed by atoms with Crippen LogP contribution in [0, 0.1) is 11.3 Å². The molecule has 1 atom stereocenters. The highest BCUT2D eigenvalue weighted by atomic mass is 16.5. The largest absolute Gasteiger partial charge is 0.381 e. The van der Waals surface area contributed by atoms with Gasteiger partial charge < -0.3 is 10.1 Å². The summed E-state index contributed by atoms with van der Waals surface area (Å²) in [7, 11) is 0. The minimum atomic E-state index is 0.308. The molecule has 0 unspecified atom stereocenters. The molecular weight excluding hydrogens is 162 g/mol. The van der Waals surface area contributed by atoms with Gasteiger partial charge in [-0.3, -0.25) is 0 Å². The fourth-order valence-electron chi connectivity index (χ4n) is 1.60. The van der Waals surface area contributed by atoms with E-state index in [2.05, 4.69) is 26.1 Å². The Labute approximate surface area is 82.0 Å². The van der Waals surface area contributed by atoms with E-state index in [1.807, 2.05) is 0 Å². The number of nitrogens with one attached hydrogen (secondary N) is 1. The quantitative estimate of drug-likeness (QED) is 0.726. The van der Waals surface area contributed by atoms with Crippen LogP contribution in [0.1, 0.15) is 33.6 Å². The lowest BCUT2D eigenvalue weighted by Gasteiger charge is -2.25. The second-order valence-electron chi connectivity index (χ2n) is 5.29. The second kappa shape index (κ2) is 4.97. The second-order valence-corrected chi connectivity index (χ2v) is 5.29. The third-order valence-corrected chi connectivity index (χ3v) is 2.29. The first-order valence-corrected chi connectivity index (χ1v) is 5.36. The minimum absolute atomic E-state index is 0.308. The van der Waals surface area contributed by atoms with Gasteiger partial charge in [0, 0.05) is 6.54 Å². The third-order valence-electron chi connectivity index (χ3n) is 2.29. The summed E-state index contributed by atoms with van der Waals surface area (Å²) in [5.41, 5.74) is 0.308. The van der Waals surface area contributed by atoms with Gasteiger partial charge >= 0.3 is 0 Å². The number of piperidine rings is 1. The van der Waals surface area contributed by atoms with Crippen molar-refractivity contribution in [3.63, 3.8) is 0 Å². The summed E-state index contributed by atoms with van der Waals surface area (Å²) in [6.45, 7) is 10.8. The molecule has 2 heteroatoms. The molecule has 2 nitrogen and oxygen atoms in total. The molecule has 0 aliphatic carbocycles. The van der Waals surface area contributed by atoms with E-state index < -0.39 is 0 Å². The Morgan fingerprint density at radius 1 is 1.38 bits per heavy atom. The van der Waals surface area contributed by atoms with Crippen molar-refractivity contribution >= 4 is 0 Å². The van der Waals surface area contributed by atoms with Gasteiger partial charge in [0.25, 0.3) is 0 Å². The van der Waals surface area contributed by atoms with Gasteiger partial charge in [-0.1, -0.05) is 20.8 Å². The molecule has 1 rings (SSSR count). The Kier molecular flexibility index (Phi) is 4.20. The van der Waals surface area contributed by atoms with Crippen molar-refractivity contribution in [1.29, 1.82) is 0 Å².